The molecule has 0 bridgehead atoms. The van der Waals surface area contributed by atoms with Crippen LogP contribution in [0.2, 0.25) is 0 Å². The molecule has 0 spiro atoms. The van der Waals surface area contributed by atoms with E-state index in [-0.39, 0.29) is 0 Å². The normalized spacial score (nSPS) is 25.4. The summed E-state index contributed by atoms with van der Waals surface area (Å²) in [5.41, 5.74) is 3.10. The highest BCUT2D eigenvalue weighted by Crippen LogP contribution is 2.32. The molecule has 0 radical (unpaired) electrons. The average molecular weight is 257 g/mol. The van der Waals surface area contributed by atoms with E-state index in [4.69, 9.17) is 0 Å². The SMILES string of the molecule is c1cc(C2CCCCC2)ccc1CC1CCCCN1. The number of nitrogens with one attached hydrogen (secondary N) is 1. The molecule has 1 heteroatoms. The van der Waals surface area contributed by atoms with Gasteiger partial charge < -0.3 is 5.32 Å². The quantitative estimate of drug-likeness (QED) is 0.845. The molecule has 2 aliphatic rings. The highest BCUT2D eigenvalue weighted by Gasteiger charge is 2.16. The lowest BCUT2D eigenvalue weighted by molar-refractivity contribution is 0.399. The van der Waals surface area contributed by atoms with Gasteiger partial charge in [0.25, 0.3) is 0 Å². The molecule has 1 aromatic carbocycles. The lowest BCUT2D eigenvalue weighted by atomic mass is 9.83. The van der Waals surface area contributed by atoms with Crippen molar-refractivity contribution in [1.82, 2.24) is 5.32 Å². The Bertz CT molecular complexity index is 369. The summed E-state index contributed by atoms with van der Waals surface area (Å²) in [5.74, 6) is 0.843. The van der Waals surface area contributed by atoms with E-state index in [1.54, 1.807) is 5.56 Å². The zero-order valence-electron chi connectivity index (χ0n) is 12.0. The zero-order valence-corrected chi connectivity index (χ0v) is 12.0. The van der Waals surface area contributed by atoms with Crippen molar-refractivity contribution in [2.24, 2.45) is 0 Å². The topological polar surface area (TPSA) is 12.0 Å². The van der Waals surface area contributed by atoms with E-state index in [1.165, 1.54) is 69.9 Å². The van der Waals surface area contributed by atoms with E-state index < -0.39 is 0 Å². The third kappa shape index (κ3) is 3.60. The smallest absolute Gasteiger partial charge is 0.0107 e. The summed E-state index contributed by atoms with van der Waals surface area (Å²) in [7, 11) is 0. The molecule has 3 rings (SSSR count). The number of benzene rings is 1. The molecule has 1 aliphatic carbocycles. The molecular formula is C18H27N. The summed E-state index contributed by atoms with van der Waals surface area (Å²) in [6.07, 6.45) is 12.4. The van der Waals surface area contributed by atoms with E-state index >= 15 is 0 Å². The van der Waals surface area contributed by atoms with Crippen LogP contribution in [0.5, 0.6) is 0 Å². The summed E-state index contributed by atoms with van der Waals surface area (Å²) >= 11 is 0. The van der Waals surface area contributed by atoms with Gasteiger partial charge in [0, 0.05) is 6.04 Å². The molecule has 1 nitrogen and oxygen atoms in total. The van der Waals surface area contributed by atoms with E-state index in [0.29, 0.717) is 6.04 Å². The largest absolute Gasteiger partial charge is 0.314 e. The first-order valence-corrected chi connectivity index (χ1v) is 8.24. The number of piperidine rings is 1. The standard InChI is InChI=1S/C18H27N/c1-2-6-16(7-3-1)17-11-9-15(10-12-17)14-18-8-4-5-13-19-18/h9-12,16,18-19H,1-8,13-14H2. The molecule has 1 aromatic rings. The van der Waals surface area contributed by atoms with Crippen molar-refractivity contribution >= 4 is 0 Å². The van der Waals surface area contributed by atoms with Crippen LogP contribution in [0.4, 0.5) is 0 Å². The minimum atomic E-state index is 0.717. The molecule has 1 heterocycles. The maximum Gasteiger partial charge on any atom is 0.0107 e. The Labute approximate surface area is 117 Å². The van der Waals surface area contributed by atoms with Crippen molar-refractivity contribution < 1.29 is 0 Å². The molecule has 104 valence electrons. The molecule has 2 fully saturated rings. The van der Waals surface area contributed by atoms with Gasteiger partial charge in [-0.15, -0.1) is 0 Å². The summed E-state index contributed by atoms with van der Waals surface area (Å²) in [5, 5.41) is 3.65. The van der Waals surface area contributed by atoms with Crippen molar-refractivity contribution in [3.8, 4) is 0 Å². The van der Waals surface area contributed by atoms with Gasteiger partial charge in [-0.05, 0) is 55.7 Å². The third-order valence-electron chi connectivity index (χ3n) is 4.95. The predicted molar refractivity (Wildman–Crippen MR) is 81.6 cm³/mol. The fourth-order valence-corrected chi connectivity index (χ4v) is 3.74. The lowest BCUT2D eigenvalue weighted by Crippen LogP contribution is -2.35. The van der Waals surface area contributed by atoms with Crippen LogP contribution in [0.1, 0.15) is 68.4 Å². The first-order chi connectivity index (χ1) is 9.42. The zero-order chi connectivity index (χ0) is 12.9. The highest BCUT2D eigenvalue weighted by atomic mass is 14.9. The number of hydrogen-bond acceptors (Lipinski definition) is 1. The van der Waals surface area contributed by atoms with E-state index in [0.717, 1.165) is 5.92 Å². The Morgan fingerprint density at radius 3 is 2.26 bits per heavy atom. The summed E-state index contributed by atoms with van der Waals surface area (Å²) in [6, 6.07) is 10.3. The fourth-order valence-electron chi connectivity index (χ4n) is 3.74. The molecule has 1 saturated carbocycles. The van der Waals surface area contributed by atoms with E-state index in [9.17, 15) is 0 Å². The van der Waals surface area contributed by atoms with Gasteiger partial charge in [-0.1, -0.05) is 49.9 Å². The second kappa shape index (κ2) is 6.56. The lowest BCUT2D eigenvalue weighted by Gasteiger charge is -2.24. The number of hydrogen-bond donors (Lipinski definition) is 1. The van der Waals surface area contributed by atoms with Crippen LogP contribution >= 0.6 is 0 Å². The van der Waals surface area contributed by atoms with E-state index in [1.807, 2.05) is 0 Å². The fraction of sp³-hybridized carbons (Fsp3) is 0.667. The Balaban J connectivity index is 1.58. The van der Waals surface area contributed by atoms with Gasteiger partial charge in [-0.2, -0.15) is 0 Å². The minimum absolute atomic E-state index is 0.717. The maximum absolute atomic E-state index is 3.65. The van der Waals surface area contributed by atoms with Gasteiger partial charge in [0.15, 0.2) is 0 Å². The maximum atomic E-state index is 3.65. The second-order valence-corrected chi connectivity index (χ2v) is 6.43. The Morgan fingerprint density at radius 1 is 0.842 bits per heavy atom. The van der Waals surface area contributed by atoms with Gasteiger partial charge in [-0.25, -0.2) is 0 Å². The highest BCUT2D eigenvalue weighted by molar-refractivity contribution is 5.26. The molecule has 1 aliphatic heterocycles. The van der Waals surface area contributed by atoms with Crippen molar-refractivity contribution in [2.75, 3.05) is 6.54 Å². The van der Waals surface area contributed by atoms with Crippen molar-refractivity contribution in [2.45, 2.75) is 69.7 Å². The minimum Gasteiger partial charge on any atom is -0.314 e. The molecule has 1 N–H and O–H groups in total. The summed E-state index contributed by atoms with van der Waals surface area (Å²) in [4.78, 5) is 0. The van der Waals surface area contributed by atoms with Crippen LogP contribution in [-0.2, 0) is 6.42 Å². The molecule has 0 amide bonds. The Morgan fingerprint density at radius 2 is 1.58 bits per heavy atom. The van der Waals surface area contributed by atoms with Gasteiger partial charge >= 0.3 is 0 Å². The molecule has 1 unspecified atom stereocenters. The van der Waals surface area contributed by atoms with Crippen LogP contribution in [-0.4, -0.2) is 12.6 Å². The van der Waals surface area contributed by atoms with Crippen molar-refractivity contribution in [1.29, 1.82) is 0 Å². The van der Waals surface area contributed by atoms with Crippen LogP contribution in [0.25, 0.3) is 0 Å². The molecule has 1 atom stereocenters. The van der Waals surface area contributed by atoms with Crippen molar-refractivity contribution in [3.05, 3.63) is 35.4 Å². The molecule has 1 saturated heterocycles. The van der Waals surface area contributed by atoms with Crippen LogP contribution < -0.4 is 5.32 Å². The van der Waals surface area contributed by atoms with Crippen molar-refractivity contribution in [3.63, 3.8) is 0 Å². The van der Waals surface area contributed by atoms with Crippen LogP contribution in [0, 0.1) is 0 Å². The van der Waals surface area contributed by atoms with Crippen LogP contribution in [0.3, 0.4) is 0 Å². The Kier molecular flexibility index (Phi) is 4.55. The van der Waals surface area contributed by atoms with Crippen LogP contribution in [0.15, 0.2) is 24.3 Å². The molecule has 19 heavy (non-hydrogen) atoms. The van der Waals surface area contributed by atoms with E-state index in [2.05, 4.69) is 29.6 Å². The monoisotopic (exact) mass is 257 g/mol. The van der Waals surface area contributed by atoms with Gasteiger partial charge in [0.2, 0.25) is 0 Å². The van der Waals surface area contributed by atoms with Gasteiger partial charge in [0.05, 0.1) is 0 Å². The first-order valence-electron chi connectivity index (χ1n) is 8.24. The average Bonchev–Trinajstić information content (AvgIpc) is 2.50. The number of rotatable bonds is 3. The third-order valence-corrected chi connectivity index (χ3v) is 4.95. The molecule has 0 aromatic heterocycles. The first kappa shape index (κ1) is 13.2. The Hall–Kier alpha value is -0.820. The molecular weight excluding hydrogens is 230 g/mol. The summed E-state index contributed by atoms with van der Waals surface area (Å²) < 4.78 is 0. The second-order valence-electron chi connectivity index (χ2n) is 6.43. The summed E-state index contributed by atoms with van der Waals surface area (Å²) in [6.45, 7) is 1.21. The predicted octanol–water partition coefficient (Wildman–Crippen LogP) is 4.42. The van der Waals surface area contributed by atoms with Gasteiger partial charge in [0.1, 0.15) is 0 Å². The van der Waals surface area contributed by atoms with Gasteiger partial charge in [-0.3, -0.25) is 0 Å².